The molecular weight excluding hydrogens is 314 g/mol. The van der Waals surface area contributed by atoms with Gasteiger partial charge in [0.2, 0.25) is 0 Å². The zero-order valence-electron chi connectivity index (χ0n) is 13.8. The fourth-order valence-corrected chi connectivity index (χ4v) is 2.85. The molecule has 0 saturated carbocycles. The van der Waals surface area contributed by atoms with E-state index in [0.29, 0.717) is 6.54 Å². The lowest BCUT2D eigenvalue weighted by molar-refractivity contribution is 0.410. The van der Waals surface area contributed by atoms with Crippen molar-refractivity contribution in [3.05, 3.63) is 72.8 Å². The highest BCUT2D eigenvalue weighted by molar-refractivity contribution is 5.78. The van der Waals surface area contributed by atoms with Gasteiger partial charge in [-0.25, -0.2) is 0 Å². The summed E-state index contributed by atoms with van der Waals surface area (Å²) in [5.41, 5.74) is 3.97. The van der Waals surface area contributed by atoms with Gasteiger partial charge in [0.25, 0.3) is 0 Å². The van der Waals surface area contributed by atoms with Crippen molar-refractivity contribution in [1.82, 2.24) is 19.6 Å². The molecule has 124 valence electrons. The first kappa shape index (κ1) is 15.1. The van der Waals surface area contributed by atoms with Crippen molar-refractivity contribution in [3.63, 3.8) is 0 Å². The molecule has 6 nitrogen and oxygen atoms in total. The summed E-state index contributed by atoms with van der Waals surface area (Å²) in [6.07, 6.45) is 5.26. The molecule has 0 amide bonds. The summed E-state index contributed by atoms with van der Waals surface area (Å²) in [5, 5.41) is 11.8. The zero-order chi connectivity index (χ0) is 17.1. The van der Waals surface area contributed by atoms with Gasteiger partial charge in [0, 0.05) is 30.1 Å². The Morgan fingerprint density at radius 2 is 1.88 bits per heavy atom. The lowest BCUT2D eigenvalue weighted by Crippen LogP contribution is -2.05. The molecule has 0 saturated heterocycles. The number of nitrogens with one attached hydrogen (secondary N) is 1. The molecular formula is C19H17N5O. The summed E-state index contributed by atoms with van der Waals surface area (Å²) in [5.74, 6) is 1.78. The molecule has 0 unspecified atom stereocenters. The third-order valence-electron chi connectivity index (χ3n) is 4.10. The molecule has 4 rings (SSSR count). The molecule has 3 heterocycles. The molecule has 0 aliphatic rings. The molecule has 3 aromatic heterocycles. The van der Waals surface area contributed by atoms with E-state index in [-0.39, 0.29) is 0 Å². The summed E-state index contributed by atoms with van der Waals surface area (Å²) in [6.45, 7) is 0.645. The van der Waals surface area contributed by atoms with Crippen LogP contribution in [0.25, 0.3) is 16.8 Å². The monoisotopic (exact) mass is 331 g/mol. The number of rotatable bonds is 5. The number of pyridine rings is 2. The second kappa shape index (κ2) is 6.60. The maximum Gasteiger partial charge on any atom is 0.170 e. The predicted octanol–water partition coefficient (Wildman–Crippen LogP) is 3.41. The lowest BCUT2D eigenvalue weighted by Gasteiger charge is -2.13. The minimum absolute atomic E-state index is 0.645. The van der Waals surface area contributed by atoms with Crippen molar-refractivity contribution >= 4 is 11.5 Å². The summed E-state index contributed by atoms with van der Waals surface area (Å²) in [7, 11) is 1.68. The van der Waals surface area contributed by atoms with Gasteiger partial charge in [-0.3, -0.25) is 9.38 Å². The number of aromatic nitrogens is 4. The van der Waals surface area contributed by atoms with Crippen molar-refractivity contribution in [2.24, 2.45) is 0 Å². The van der Waals surface area contributed by atoms with Crippen LogP contribution in [0, 0.1) is 0 Å². The van der Waals surface area contributed by atoms with E-state index in [4.69, 9.17) is 4.74 Å². The molecule has 0 radical (unpaired) electrons. The van der Waals surface area contributed by atoms with Crippen molar-refractivity contribution in [1.29, 1.82) is 0 Å². The van der Waals surface area contributed by atoms with E-state index in [1.54, 1.807) is 25.8 Å². The molecule has 0 aliphatic carbocycles. The quantitative estimate of drug-likeness (QED) is 0.607. The number of benzene rings is 1. The van der Waals surface area contributed by atoms with Crippen LogP contribution in [0.4, 0.5) is 5.82 Å². The Balaban J connectivity index is 1.67. The van der Waals surface area contributed by atoms with E-state index in [1.807, 2.05) is 52.9 Å². The molecule has 1 N–H and O–H groups in total. The maximum atomic E-state index is 5.41. The van der Waals surface area contributed by atoms with Crippen molar-refractivity contribution < 1.29 is 4.74 Å². The average molecular weight is 331 g/mol. The van der Waals surface area contributed by atoms with Gasteiger partial charge in [0.1, 0.15) is 17.9 Å². The number of anilines is 1. The average Bonchev–Trinajstić information content (AvgIpc) is 3.17. The number of methoxy groups -OCH3 is 1. The molecule has 6 heteroatoms. The van der Waals surface area contributed by atoms with E-state index in [9.17, 15) is 0 Å². The van der Waals surface area contributed by atoms with Gasteiger partial charge in [-0.15, -0.1) is 10.2 Å². The van der Waals surface area contributed by atoms with Gasteiger partial charge < -0.3 is 10.1 Å². The summed E-state index contributed by atoms with van der Waals surface area (Å²) in [6, 6.07) is 16.0. The van der Waals surface area contributed by atoms with E-state index >= 15 is 0 Å². The summed E-state index contributed by atoms with van der Waals surface area (Å²) in [4.78, 5) is 4.07. The van der Waals surface area contributed by atoms with Gasteiger partial charge in [-0.2, -0.15) is 0 Å². The van der Waals surface area contributed by atoms with Crippen molar-refractivity contribution in [2.75, 3.05) is 12.4 Å². The highest BCUT2D eigenvalue weighted by Gasteiger charge is 2.10. The third-order valence-corrected chi connectivity index (χ3v) is 4.10. The minimum Gasteiger partial charge on any atom is -0.496 e. The van der Waals surface area contributed by atoms with E-state index < -0.39 is 0 Å². The summed E-state index contributed by atoms with van der Waals surface area (Å²) >= 11 is 0. The highest BCUT2D eigenvalue weighted by Crippen LogP contribution is 2.26. The highest BCUT2D eigenvalue weighted by atomic mass is 16.5. The first-order chi connectivity index (χ1) is 12.4. The molecule has 0 aliphatic heterocycles. The van der Waals surface area contributed by atoms with Crippen molar-refractivity contribution in [3.8, 4) is 16.9 Å². The first-order valence-corrected chi connectivity index (χ1v) is 7.96. The number of nitrogens with zero attached hydrogens (tertiary/aromatic N) is 4. The Bertz CT molecular complexity index is 997. The van der Waals surface area contributed by atoms with Crippen LogP contribution < -0.4 is 10.1 Å². The van der Waals surface area contributed by atoms with Gasteiger partial charge in [0.15, 0.2) is 5.65 Å². The lowest BCUT2D eigenvalue weighted by atomic mass is 10.1. The van der Waals surface area contributed by atoms with Gasteiger partial charge >= 0.3 is 0 Å². The van der Waals surface area contributed by atoms with Crippen LogP contribution in [0.15, 0.2) is 67.3 Å². The molecule has 4 aromatic rings. The second-order valence-electron chi connectivity index (χ2n) is 5.56. The van der Waals surface area contributed by atoms with Gasteiger partial charge in [0.05, 0.1) is 7.11 Å². The SMILES string of the molecule is COc1ccccc1CNc1ccc(-c2ccncc2)c2nncn12. The topological polar surface area (TPSA) is 64.3 Å². The largest absolute Gasteiger partial charge is 0.496 e. The molecule has 0 spiro atoms. The molecule has 0 bridgehead atoms. The second-order valence-corrected chi connectivity index (χ2v) is 5.56. The Labute approximate surface area is 145 Å². The van der Waals surface area contributed by atoms with Crippen LogP contribution in [0.1, 0.15) is 5.56 Å². The fraction of sp³-hybridized carbons (Fsp3) is 0.105. The number of fused-ring (bicyclic) bond motifs is 1. The number of hydrogen-bond acceptors (Lipinski definition) is 5. The standard InChI is InChI=1S/C19H17N5O/c1-25-17-5-3-2-4-15(17)12-21-18-7-6-16(14-8-10-20-11-9-14)19-23-22-13-24(18)19/h2-11,13,21H,12H2,1H3. The normalized spacial score (nSPS) is 10.8. The molecule has 25 heavy (non-hydrogen) atoms. The maximum absolute atomic E-state index is 5.41. The summed E-state index contributed by atoms with van der Waals surface area (Å²) < 4.78 is 7.36. The Morgan fingerprint density at radius 1 is 1.04 bits per heavy atom. The molecule has 0 atom stereocenters. The molecule has 0 fully saturated rings. The fourth-order valence-electron chi connectivity index (χ4n) is 2.85. The van der Waals surface area contributed by atoms with Crippen LogP contribution in [-0.4, -0.2) is 26.7 Å². The zero-order valence-corrected chi connectivity index (χ0v) is 13.8. The Kier molecular flexibility index (Phi) is 4.00. The van der Waals surface area contributed by atoms with Crippen LogP contribution >= 0.6 is 0 Å². The van der Waals surface area contributed by atoms with Gasteiger partial charge in [-0.1, -0.05) is 18.2 Å². The smallest absolute Gasteiger partial charge is 0.170 e. The van der Waals surface area contributed by atoms with Gasteiger partial charge in [-0.05, 0) is 35.9 Å². The minimum atomic E-state index is 0.645. The van der Waals surface area contributed by atoms with E-state index in [0.717, 1.165) is 33.9 Å². The first-order valence-electron chi connectivity index (χ1n) is 7.96. The molecule has 1 aromatic carbocycles. The van der Waals surface area contributed by atoms with Crippen LogP contribution in [0.5, 0.6) is 5.75 Å². The van der Waals surface area contributed by atoms with Crippen LogP contribution in [0.3, 0.4) is 0 Å². The van der Waals surface area contributed by atoms with Crippen LogP contribution in [0.2, 0.25) is 0 Å². The predicted molar refractivity (Wildman–Crippen MR) is 96.5 cm³/mol. The number of para-hydroxylation sites is 1. The van der Waals surface area contributed by atoms with Crippen LogP contribution in [-0.2, 0) is 6.54 Å². The van der Waals surface area contributed by atoms with E-state index in [1.165, 1.54) is 0 Å². The number of ether oxygens (including phenoxy) is 1. The number of hydrogen-bond donors (Lipinski definition) is 1. The Morgan fingerprint density at radius 3 is 2.72 bits per heavy atom. The Hall–Kier alpha value is -3.41. The van der Waals surface area contributed by atoms with E-state index in [2.05, 4.69) is 20.5 Å². The third kappa shape index (κ3) is 2.89. The van der Waals surface area contributed by atoms with Crippen molar-refractivity contribution in [2.45, 2.75) is 6.54 Å².